The van der Waals surface area contributed by atoms with Crippen molar-refractivity contribution in [1.29, 1.82) is 0 Å². The summed E-state index contributed by atoms with van der Waals surface area (Å²) in [5.74, 6) is 0.391. The van der Waals surface area contributed by atoms with Gasteiger partial charge in [0.2, 0.25) is 5.91 Å². The summed E-state index contributed by atoms with van der Waals surface area (Å²) in [6.45, 7) is 1.11. The van der Waals surface area contributed by atoms with Crippen molar-refractivity contribution in [2.24, 2.45) is 5.73 Å². The highest BCUT2D eigenvalue weighted by molar-refractivity contribution is 5.86. The lowest BCUT2D eigenvalue weighted by atomic mass is 9.99. The molecule has 15 heavy (non-hydrogen) atoms. The third-order valence-electron chi connectivity index (χ3n) is 2.39. The minimum atomic E-state index is -0.889. The Labute approximate surface area is 86.4 Å². The van der Waals surface area contributed by atoms with Gasteiger partial charge in [0.25, 0.3) is 0 Å². The SMILES string of the molecule is NC1(C(=O)NCc2ncn[nH]2)CCOC1. The molecule has 0 aromatic carbocycles. The maximum absolute atomic E-state index is 11.7. The number of carbonyl (C=O) groups excluding carboxylic acids is 1. The number of aromatic amines is 1. The Bertz CT molecular complexity index is 331. The first-order chi connectivity index (χ1) is 7.21. The van der Waals surface area contributed by atoms with Gasteiger partial charge in [-0.3, -0.25) is 9.89 Å². The Morgan fingerprint density at radius 1 is 1.80 bits per heavy atom. The van der Waals surface area contributed by atoms with Crippen LogP contribution in [0.1, 0.15) is 12.2 Å². The van der Waals surface area contributed by atoms with E-state index in [2.05, 4.69) is 20.5 Å². The van der Waals surface area contributed by atoms with Gasteiger partial charge in [-0.25, -0.2) is 4.98 Å². The van der Waals surface area contributed by atoms with E-state index in [1.807, 2.05) is 0 Å². The van der Waals surface area contributed by atoms with Crippen molar-refractivity contribution in [2.75, 3.05) is 13.2 Å². The Kier molecular flexibility index (Phi) is 2.65. The van der Waals surface area contributed by atoms with Crippen molar-refractivity contribution in [1.82, 2.24) is 20.5 Å². The fourth-order valence-corrected chi connectivity index (χ4v) is 1.42. The van der Waals surface area contributed by atoms with E-state index in [4.69, 9.17) is 10.5 Å². The molecule has 0 saturated carbocycles. The number of ether oxygens (including phenoxy) is 1. The van der Waals surface area contributed by atoms with Gasteiger partial charge in [-0.2, -0.15) is 5.10 Å². The van der Waals surface area contributed by atoms with Crippen LogP contribution in [0.5, 0.6) is 0 Å². The number of rotatable bonds is 3. The molecule has 82 valence electrons. The van der Waals surface area contributed by atoms with Crippen LogP contribution in [0.2, 0.25) is 0 Å². The number of amides is 1. The zero-order valence-electron chi connectivity index (χ0n) is 8.19. The lowest BCUT2D eigenvalue weighted by Crippen LogP contribution is -2.54. The van der Waals surface area contributed by atoms with E-state index in [0.717, 1.165) is 0 Å². The second-order valence-corrected chi connectivity index (χ2v) is 3.57. The molecule has 2 heterocycles. The summed E-state index contributed by atoms with van der Waals surface area (Å²) in [7, 11) is 0. The molecule has 1 aromatic heterocycles. The van der Waals surface area contributed by atoms with Gasteiger partial charge >= 0.3 is 0 Å². The molecule has 0 bridgehead atoms. The predicted molar refractivity (Wildman–Crippen MR) is 50.6 cm³/mol. The van der Waals surface area contributed by atoms with Gasteiger partial charge in [0, 0.05) is 6.61 Å². The zero-order valence-corrected chi connectivity index (χ0v) is 8.19. The van der Waals surface area contributed by atoms with Gasteiger partial charge in [0.15, 0.2) is 0 Å². The van der Waals surface area contributed by atoms with Crippen molar-refractivity contribution < 1.29 is 9.53 Å². The molecule has 0 radical (unpaired) electrons. The van der Waals surface area contributed by atoms with Crippen LogP contribution in [0.15, 0.2) is 6.33 Å². The lowest BCUT2D eigenvalue weighted by Gasteiger charge is -2.19. The van der Waals surface area contributed by atoms with Crippen LogP contribution in [0.4, 0.5) is 0 Å². The summed E-state index contributed by atoms with van der Waals surface area (Å²) in [4.78, 5) is 15.6. The third-order valence-corrected chi connectivity index (χ3v) is 2.39. The molecule has 4 N–H and O–H groups in total. The number of hydrogen-bond acceptors (Lipinski definition) is 5. The topological polar surface area (TPSA) is 106 Å². The van der Waals surface area contributed by atoms with Crippen molar-refractivity contribution in [3.05, 3.63) is 12.2 Å². The van der Waals surface area contributed by atoms with E-state index in [0.29, 0.717) is 25.4 Å². The van der Waals surface area contributed by atoms with E-state index in [1.165, 1.54) is 6.33 Å². The van der Waals surface area contributed by atoms with E-state index >= 15 is 0 Å². The molecule has 7 nitrogen and oxygen atoms in total. The summed E-state index contributed by atoms with van der Waals surface area (Å²) < 4.78 is 5.10. The highest BCUT2D eigenvalue weighted by Crippen LogP contribution is 2.15. The van der Waals surface area contributed by atoms with Gasteiger partial charge in [-0.15, -0.1) is 0 Å². The normalized spacial score (nSPS) is 25.4. The van der Waals surface area contributed by atoms with Crippen molar-refractivity contribution in [2.45, 2.75) is 18.5 Å². The monoisotopic (exact) mass is 211 g/mol. The summed E-state index contributed by atoms with van der Waals surface area (Å²) in [6, 6.07) is 0. The highest BCUT2D eigenvalue weighted by atomic mass is 16.5. The first-order valence-corrected chi connectivity index (χ1v) is 4.70. The third kappa shape index (κ3) is 2.13. The van der Waals surface area contributed by atoms with Crippen LogP contribution in [0.25, 0.3) is 0 Å². The van der Waals surface area contributed by atoms with Crippen LogP contribution in [0, 0.1) is 0 Å². The molecule has 1 atom stereocenters. The molecule has 0 spiro atoms. The lowest BCUT2D eigenvalue weighted by molar-refractivity contribution is -0.126. The number of hydrogen-bond donors (Lipinski definition) is 3. The molecular formula is C8H13N5O2. The van der Waals surface area contributed by atoms with Crippen molar-refractivity contribution >= 4 is 5.91 Å². The van der Waals surface area contributed by atoms with E-state index in [-0.39, 0.29) is 12.5 Å². The van der Waals surface area contributed by atoms with Crippen LogP contribution < -0.4 is 11.1 Å². The molecule has 1 saturated heterocycles. The molecule has 1 fully saturated rings. The number of nitrogens with one attached hydrogen (secondary N) is 2. The van der Waals surface area contributed by atoms with E-state index < -0.39 is 5.54 Å². The Morgan fingerprint density at radius 3 is 3.27 bits per heavy atom. The van der Waals surface area contributed by atoms with Crippen LogP contribution >= 0.6 is 0 Å². The standard InChI is InChI=1S/C8H13N5O2/c9-8(1-2-15-4-8)7(14)10-3-6-11-5-12-13-6/h5H,1-4,9H2,(H,10,14)(H,11,12,13). The number of carbonyl (C=O) groups is 1. The number of nitrogens with two attached hydrogens (primary N) is 1. The number of H-pyrrole nitrogens is 1. The summed E-state index contributed by atoms with van der Waals surface area (Å²) in [6.07, 6.45) is 1.94. The van der Waals surface area contributed by atoms with E-state index in [9.17, 15) is 4.79 Å². The van der Waals surface area contributed by atoms with Crippen LogP contribution in [-0.4, -0.2) is 39.8 Å². The van der Waals surface area contributed by atoms with Gasteiger partial charge in [-0.1, -0.05) is 0 Å². The first kappa shape index (κ1) is 10.1. The summed E-state index contributed by atoms with van der Waals surface area (Å²) in [5, 5.41) is 9.01. The maximum atomic E-state index is 11.7. The average Bonchev–Trinajstić information content (AvgIpc) is 2.85. The molecule has 0 aliphatic carbocycles. The van der Waals surface area contributed by atoms with Crippen molar-refractivity contribution in [3.63, 3.8) is 0 Å². The number of nitrogens with zero attached hydrogens (tertiary/aromatic N) is 2. The average molecular weight is 211 g/mol. The van der Waals surface area contributed by atoms with Gasteiger partial charge in [0.1, 0.15) is 17.7 Å². The van der Waals surface area contributed by atoms with Crippen LogP contribution in [0.3, 0.4) is 0 Å². The second kappa shape index (κ2) is 3.95. The first-order valence-electron chi connectivity index (χ1n) is 4.70. The van der Waals surface area contributed by atoms with Gasteiger partial charge in [0.05, 0.1) is 13.2 Å². The van der Waals surface area contributed by atoms with Crippen LogP contribution in [-0.2, 0) is 16.1 Å². The minimum Gasteiger partial charge on any atom is -0.379 e. The fourth-order valence-electron chi connectivity index (χ4n) is 1.42. The molecular weight excluding hydrogens is 198 g/mol. The largest absolute Gasteiger partial charge is 0.379 e. The highest BCUT2D eigenvalue weighted by Gasteiger charge is 2.38. The molecule has 1 amide bonds. The Hall–Kier alpha value is -1.47. The molecule has 1 unspecified atom stereocenters. The molecule has 7 heteroatoms. The Balaban J connectivity index is 1.87. The molecule has 1 aliphatic heterocycles. The summed E-state index contributed by atoms with van der Waals surface area (Å²) >= 11 is 0. The maximum Gasteiger partial charge on any atom is 0.242 e. The fraction of sp³-hybridized carbons (Fsp3) is 0.625. The van der Waals surface area contributed by atoms with E-state index in [1.54, 1.807) is 0 Å². The molecule has 1 aliphatic rings. The quantitative estimate of drug-likeness (QED) is 0.566. The minimum absolute atomic E-state index is 0.212. The predicted octanol–water partition coefficient (Wildman–Crippen LogP) is -1.46. The van der Waals surface area contributed by atoms with Crippen molar-refractivity contribution in [3.8, 4) is 0 Å². The van der Waals surface area contributed by atoms with Gasteiger partial charge < -0.3 is 15.8 Å². The smallest absolute Gasteiger partial charge is 0.242 e. The zero-order chi connectivity index (χ0) is 10.7. The summed E-state index contributed by atoms with van der Waals surface area (Å²) in [5.41, 5.74) is 4.97. The Morgan fingerprint density at radius 2 is 2.67 bits per heavy atom. The molecule has 2 rings (SSSR count). The number of aromatic nitrogens is 3. The van der Waals surface area contributed by atoms with Gasteiger partial charge in [-0.05, 0) is 6.42 Å². The second-order valence-electron chi connectivity index (χ2n) is 3.57. The molecule has 1 aromatic rings.